The molecule has 0 heterocycles. The van der Waals surface area contributed by atoms with Crippen molar-refractivity contribution in [2.45, 2.75) is 13.3 Å². The van der Waals surface area contributed by atoms with Gasteiger partial charge in [-0.15, -0.1) is 0 Å². The molecule has 0 aromatic heterocycles. The van der Waals surface area contributed by atoms with E-state index >= 15 is 0 Å². The summed E-state index contributed by atoms with van der Waals surface area (Å²) in [6.45, 7) is 2.77. The van der Waals surface area contributed by atoms with Crippen molar-refractivity contribution in [2.24, 2.45) is 0 Å². The zero-order valence-corrected chi connectivity index (χ0v) is 11.6. The largest absolute Gasteiger partial charge is 0.481 e. The normalized spacial score (nSPS) is 11.4. The molecule has 0 aliphatic carbocycles. The summed E-state index contributed by atoms with van der Waals surface area (Å²) in [5, 5.41) is 9.25. The highest BCUT2D eigenvalue weighted by Crippen LogP contribution is 2.21. The highest BCUT2D eigenvalue weighted by molar-refractivity contribution is 6.36. The summed E-state index contributed by atoms with van der Waals surface area (Å²) in [5.74, 6) is -0.834. The minimum Gasteiger partial charge on any atom is -0.481 e. The van der Waals surface area contributed by atoms with Crippen molar-refractivity contribution in [2.75, 3.05) is 18.0 Å². The maximum atomic E-state index is 10.7. The fraction of sp³-hybridized carbons (Fsp3) is 0.308. The summed E-state index contributed by atoms with van der Waals surface area (Å²) in [5.41, 5.74) is 3.34. The average Bonchev–Trinajstić information content (AvgIpc) is 2.34. The first-order valence-electron chi connectivity index (χ1n) is 5.51. The second-order valence-electron chi connectivity index (χ2n) is 3.91. The lowest BCUT2D eigenvalue weighted by Crippen LogP contribution is -2.28. The quantitative estimate of drug-likeness (QED) is 0.869. The summed E-state index contributed by atoms with van der Waals surface area (Å²) < 4.78 is 0. The van der Waals surface area contributed by atoms with Crippen LogP contribution in [0.15, 0.2) is 34.8 Å². The molecular weight excluding hydrogens is 273 g/mol. The number of hydrogen-bond donors (Lipinski definition) is 1. The Morgan fingerprint density at radius 3 is 2.67 bits per heavy atom. The first-order chi connectivity index (χ1) is 8.54. The van der Waals surface area contributed by atoms with Crippen molar-refractivity contribution in [1.82, 2.24) is 0 Å². The van der Waals surface area contributed by atoms with Gasteiger partial charge in [-0.2, -0.15) is 0 Å². The van der Waals surface area contributed by atoms with Crippen molar-refractivity contribution in [1.29, 1.82) is 0 Å². The minimum absolute atomic E-state index is 0.0563. The topological polar surface area (TPSA) is 40.5 Å². The van der Waals surface area contributed by atoms with Crippen LogP contribution in [0.4, 0.5) is 5.69 Å². The summed E-state index contributed by atoms with van der Waals surface area (Å²) in [6, 6.07) is 7.76. The van der Waals surface area contributed by atoms with Crippen LogP contribution in [-0.4, -0.2) is 24.2 Å². The Kier molecular flexibility index (Phi) is 6.02. The summed E-state index contributed by atoms with van der Waals surface area (Å²) in [6.07, 6.45) is 0.0563. The Hall–Kier alpha value is -1.19. The zero-order chi connectivity index (χ0) is 13.5. The molecule has 1 rings (SSSR count). The van der Waals surface area contributed by atoms with E-state index in [4.69, 9.17) is 28.3 Å². The number of rotatable bonds is 6. The first kappa shape index (κ1) is 14.9. The predicted molar refractivity (Wildman–Crippen MR) is 75.4 cm³/mol. The van der Waals surface area contributed by atoms with Gasteiger partial charge in [0.05, 0.1) is 13.0 Å². The third kappa shape index (κ3) is 4.59. The van der Waals surface area contributed by atoms with Crippen LogP contribution in [-0.2, 0) is 4.79 Å². The lowest BCUT2D eigenvalue weighted by Gasteiger charge is -2.25. The molecule has 0 unspecified atom stereocenters. The van der Waals surface area contributed by atoms with E-state index < -0.39 is 5.97 Å². The minimum atomic E-state index is -0.834. The molecule has 0 spiro atoms. The Morgan fingerprint density at radius 2 is 2.11 bits per heavy atom. The molecule has 5 heteroatoms. The monoisotopic (exact) mass is 287 g/mol. The smallest absolute Gasteiger partial charge is 0.305 e. The number of aryl methyl sites for hydroxylation is 1. The molecule has 98 valence electrons. The molecule has 0 aliphatic rings. The molecular formula is C13H15Cl2NO2. The van der Waals surface area contributed by atoms with Crippen molar-refractivity contribution < 1.29 is 9.90 Å². The Bertz CT molecular complexity index is 446. The van der Waals surface area contributed by atoms with E-state index in [-0.39, 0.29) is 6.42 Å². The van der Waals surface area contributed by atoms with Gasteiger partial charge in [0.2, 0.25) is 0 Å². The van der Waals surface area contributed by atoms with Gasteiger partial charge in [0.15, 0.2) is 0 Å². The van der Waals surface area contributed by atoms with E-state index in [0.717, 1.165) is 11.3 Å². The van der Waals surface area contributed by atoms with Gasteiger partial charge in [-0.1, -0.05) is 41.4 Å². The molecule has 0 bridgehead atoms. The van der Waals surface area contributed by atoms with Crippen LogP contribution in [0.1, 0.15) is 12.0 Å². The highest BCUT2D eigenvalue weighted by Gasteiger charge is 2.11. The van der Waals surface area contributed by atoms with Crippen LogP contribution in [0.2, 0.25) is 0 Å². The number of para-hydroxylation sites is 1. The predicted octanol–water partition coefficient (Wildman–Crippen LogP) is 3.60. The van der Waals surface area contributed by atoms with Crippen LogP contribution in [0.25, 0.3) is 0 Å². The molecule has 0 saturated carbocycles. The van der Waals surface area contributed by atoms with E-state index in [1.807, 2.05) is 36.1 Å². The first-order valence-corrected chi connectivity index (χ1v) is 6.33. The number of aliphatic carboxylic acids is 1. The van der Waals surface area contributed by atoms with Crippen LogP contribution in [0.3, 0.4) is 0 Å². The third-order valence-corrected chi connectivity index (χ3v) is 3.12. The second kappa shape index (κ2) is 7.29. The van der Waals surface area contributed by atoms with Gasteiger partial charge >= 0.3 is 5.97 Å². The van der Waals surface area contributed by atoms with E-state index in [2.05, 4.69) is 0 Å². The number of nitrogens with zero attached hydrogens (tertiary/aromatic N) is 1. The molecule has 0 saturated heterocycles. The average molecular weight is 288 g/mol. The molecule has 3 nitrogen and oxygen atoms in total. The standard InChI is InChI=1S/C13H15Cl2NO2/c1-10-4-2-3-5-12(10)16(7-6-13(17)18)9-11(15)8-14/h2-5,8H,6-7,9H2,1H3,(H,17,18). The summed E-state index contributed by atoms with van der Waals surface area (Å²) in [7, 11) is 0. The molecule has 0 amide bonds. The lowest BCUT2D eigenvalue weighted by atomic mass is 10.1. The Balaban J connectivity index is 2.89. The number of anilines is 1. The van der Waals surface area contributed by atoms with Gasteiger partial charge in [0.1, 0.15) is 0 Å². The molecule has 1 aromatic rings. The fourth-order valence-electron chi connectivity index (χ4n) is 1.65. The van der Waals surface area contributed by atoms with Crippen LogP contribution in [0, 0.1) is 6.92 Å². The van der Waals surface area contributed by atoms with Gasteiger partial charge in [0.25, 0.3) is 0 Å². The SMILES string of the molecule is Cc1ccccc1N(CCC(=O)O)CC(Cl)=CCl. The fourth-order valence-corrected chi connectivity index (χ4v) is 1.86. The summed E-state index contributed by atoms with van der Waals surface area (Å²) >= 11 is 11.5. The van der Waals surface area contributed by atoms with E-state index in [1.54, 1.807) is 0 Å². The molecule has 0 atom stereocenters. The number of carbonyl (C=O) groups is 1. The molecule has 18 heavy (non-hydrogen) atoms. The van der Waals surface area contributed by atoms with E-state index in [0.29, 0.717) is 18.1 Å². The molecule has 0 fully saturated rings. The third-order valence-electron chi connectivity index (χ3n) is 2.51. The van der Waals surface area contributed by atoms with Gasteiger partial charge in [-0.25, -0.2) is 0 Å². The maximum Gasteiger partial charge on any atom is 0.305 e. The van der Waals surface area contributed by atoms with E-state index in [1.165, 1.54) is 5.54 Å². The summed E-state index contributed by atoms with van der Waals surface area (Å²) in [4.78, 5) is 12.6. The second-order valence-corrected chi connectivity index (χ2v) is 4.61. The van der Waals surface area contributed by atoms with Crippen LogP contribution >= 0.6 is 23.2 Å². The lowest BCUT2D eigenvalue weighted by molar-refractivity contribution is -0.136. The highest BCUT2D eigenvalue weighted by atomic mass is 35.5. The van der Waals surface area contributed by atoms with Crippen molar-refractivity contribution in [3.63, 3.8) is 0 Å². The molecule has 1 aromatic carbocycles. The zero-order valence-electron chi connectivity index (χ0n) is 10.1. The van der Waals surface area contributed by atoms with Crippen molar-refractivity contribution in [3.8, 4) is 0 Å². The molecule has 1 N–H and O–H groups in total. The van der Waals surface area contributed by atoms with Crippen molar-refractivity contribution >= 4 is 34.9 Å². The number of halogens is 2. The van der Waals surface area contributed by atoms with Gasteiger partial charge in [-0.3, -0.25) is 4.79 Å². The number of carboxylic acid groups (broad SMARTS) is 1. The van der Waals surface area contributed by atoms with Crippen LogP contribution < -0.4 is 4.90 Å². The van der Waals surface area contributed by atoms with Gasteiger partial charge in [0, 0.05) is 22.8 Å². The number of hydrogen-bond acceptors (Lipinski definition) is 2. The Labute approximate surface area is 117 Å². The van der Waals surface area contributed by atoms with Gasteiger partial charge in [-0.05, 0) is 18.6 Å². The maximum absolute atomic E-state index is 10.7. The van der Waals surface area contributed by atoms with Gasteiger partial charge < -0.3 is 10.0 Å². The molecule has 0 radical (unpaired) electrons. The molecule has 0 aliphatic heterocycles. The van der Waals surface area contributed by atoms with Crippen LogP contribution in [0.5, 0.6) is 0 Å². The Morgan fingerprint density at radius 1 is 1.44 bits per heavy atom. The number of benzene rings is 1. The number of carboxylic acids is 1. The van der Waals surface area contributed by atoms with Crippen molar-refractivity contribution in [3.05, 3.63) is 40.4 Å². The van der Waals surface area contributed by atoms with E-state index in [9.17, 15) is 4.79 Å².